The van der Waals surface area contributed by atoms with Crippen molar-refractivity contribution in [2.75, 3.05) is 26.7 Å². The van der Waals surface area contributed by atoms with E-state index in [4.69, 9.17) is 4.42 Å². The van der Waals surface area contributed by atoms with Crippen LogP contribution in [0.2, 0.25) is 0 Å². The van der Waals surface area contributed by atoms with E-state index < -0.39 is 16.3 Å². The molecule has 2 rings (SSSR count). The Kier molecular flexibility index (Phi) is 3.42. The van der Waals surface area contributed by atoms with Gasteiger partial charge in [-0.25, -0.2) is 0 Å². The lowest BCUT2D eigenvalue weighted by Crippen LogP contribution is -2.50. The van der Waals surface area contributed by atoms with Crippen LogP contribution in [0.5, 0.6) is 0 Å². The van der Waals surface area contributed by atoms with Crippen LogP contribution < -0.4 is 0 Å². The minimum Gasteiger partial charge on any atom is -0.607 e. The molecule has 1 aromatic heterocycles. The van der Waals surface area contributed by atoms with E-state index in [-0.39, 0.29) is 10.7 Å². The third-order valence-electron chi connectivity index (χ3n) is 2.96. The highest BCUT2D eigenvalue weighted by Gasteiger charge is 2.40. The van der Waals surface area contributed by atoms with Crippen LogP contribution in [0.15, 0.2) is 22.8 Å². The van der Waals surface area contributed by atoms with E-state index >= 15 is 0 Å². The van der Waals surface area contributed by atoms with Gasteiger partial charge >= 0.3 is 10.2 Å². The summed E-state index contributed by atoms with van der Waals surface area (Å²) in [7, 11) is -2.20. The van der Waals surface area contributed by atoms with Crippen molar-refractivity contribution >= 4 is 16.9 Å². The molecule has 1 fully saturated rings. The topological polar surface area (TPSA) is 79.8 Å². The van der Waals surface area contributed by atoms with Crippen LogP contribution in [-0.2, 0) is 10.2 Å². The zero-order valence-corrected chi connectivity index (χ0v) is 10.8. The molecular weight excluding hydrogens is 258 g/mol. The van der Waals surface area contributed by atoms with Gasteiger partial charge in [0, 0.05) is 19.6 Å². The van der Waals surface area contributed by atoms with Gasteiger partial charge in [-0.1, -0.05) is 4.14 Å². The molecule has 1 saturated heterocycles. The Morgan fingerprint density at radius 1 is 1.56 bits per heavy atom. The Hall–Kier alpha value is -1.38. The normalized spacial score (nSPS) is 23.1. The molecule has 100 valence electrons. The summed E-state index contributed by atoms with van der Waals surface area (Å²) in [6, 6.07) is 2.89. The summed E-state index contributed by atoms with van der Waals surface area (Å²) in [6.07, 6.45) is 1.48. The quantitative estimate of drug-likeness (QED) is 0.336. The fraction of sp³-hybridized carbons (Fsp3) is 0.500. The Balaban J connectivity index is 2.36. The molecule has 0 N–H and O–H groups in total. The first kappa shape index (κ1) is 13.1. The first-order valence-corrected chi connectivity index (χ1v) is 6.84. The largest absolute Gasteiger partial charge is 0.607 e. The summed E-state index contributed by atoms with van der Waals surface area (Å²) in [5, 5.41) is 11.1. The molecular formula is C10H15N3O4S. The van der Waals surface area contributed by atoms with E-state index in [9.17, 15) is 13.6 Å². The molecule has 0 amide bonds. The molecule has 1 aliphatic rings. The number of hydrogen-bond acceptors (Lipinski definition) is 5. The first-order chi connectivity index (χ1) is 8.43. The second-order valence-electron chi connectivity index (χ2n) is 4.21. The van der Waals surface area contributed by atoms with Crippen LogP contribution in [0, 0.1) is 5.21 Å². The Morgan fingerprint density at radius 2 is 2.28 bits per heavy atom. The molecule has 1 aromatic rings. The second kappa shape index (κ2) is 4.71. The Labute approximate surface area is 106 Å². The van der Waals surface area contributed by atoms with Gasteiger partial charge in [0.05, 0.1) is 6.26 Å². The highest BCUT2D eigenvalue weighted by Crippen LogP contribution is 2.28. The minimum absolute atomic E-state index is 0.235. The number of piperazine rings is 1. The maximum atomic E-state index is 11.9. The highest BCUT2D eigenvalue weighted by molar-refractivity contribution is 7.83. The van der Waals surface area contributed by atoms with E-state index in [1.807, 2.05) is 11.9 Å². The van der Waals surface area contributed by atoms with Crippen molar-refractivity contribution in [1.29, 1.82) is 0 Å². The van der Waals surface area contributed by atoms with Crippen molar-refractivity contribution in [3.05, 3.63) is 29.4 Å². The lowest BCUT2D eigenvalue weighted by Gasteiger charge is -2.35. The molecule has 1 atom stereocenters. The molecule has 0 bridgehead atoms. The molecule has 0 aliphatic carbocycles. The van der Waals surface area contributed by atoms with Crippen LogP contribution in [-0.4, -0.2) is 55.2 Å². The van der Waals surface area contributed by atoms with Crippen molar-refractivity contribution in [1.82, 2.24) is 9.21 Å². The molecule has 0 spiro atoms. The molecule has 7 nitrogen and oxygen atoms in total. The predicted molar refractivity (Wildman–Crippen MR) is 65.3 cm³/mol. The van der Waals surface area contributed by atoms with E-state index in [0.29, 0.717) is 18.8 Å². The predicted octanol–water partition coefficient (Wildman–Crippen LogP) is 0.0238. The molecule has 0 aromatic carbocycles. The van der Waals surface area contributed by atoms with Gasteiger partial charge in [0.2, 0.25) is 0 Å². The standard InChI is InChI=1S/C10H15N3O4S/c1-11-5-6-13(18(15,16)12(2)14)9(8-11)10-4-3-7-17-10/h3-4,7,9H,2,5-6,8H2,1H3. The number of likely N-dealkylation sites (N-methyl/N-ethyl adjacent to an activating group) is 1. The number of hydrogen-bond donors (Lipinski definition) is 0. The van der Waals surface area contributed by atoms with Gasteiger partial charge < -0.3 is 14.5 Å². The summed E-state index contributed by atoms with van der Waals surface area (Å²) in [4.78, 5) is 1.98. The molecule has 8 heteroatoms. The lowest BCUT2D eigenvalue weighted by atomic mass is 10.2. The Bertz CT molecular complexity index is 525. The van der Waals surface area contributed by atoms with E-state index in [1.54, 1.807) is 12.1 Å². The smallest absolute Gasteiger partial charge is 0.453 e. The zero-order valence-electron chi connectivity index (χ0n) is 10.0. The number of furan rings is 1. The van der Waals surface area contributed by atoms with Crippen molar-refractivity contribution in [3.8, 4) is 0 Å². The van der Waals surface area contributed by atoms with Crippen LogP contribution >= 0.6 is 0 Å². The average Bonchev–Trinajstić information content (AvgIpc) is 2.81. The fourth-order valence-electron chi connectivity index (χ4n) is 2.01. The van der Waals surface area contributed by atoms with E-state index in [1.165, 1.54) is 6.26 Å². The maximum Gasteiger partial charge on any atom is 0.453 e. The van der Waals surface area contributed by atoms with Crippen LogP contribution in [0.1, 0.15) is 11.8 Å². The molecule has 1 aliphatic heterocycles. The van der Waals surface area contributed by atoms with Crippen molar-refractivity contribution < 1.29 is 17.0 Å². The van der Waals surface area contributed by atoms with Crippen LogP contribution in [0.4, 0.5) is 0 Å². The summed E-state index contributed by atoms with van der Waals surface area (Å²) in [6.45, 7) is 4.19. The number of nitrogens with zero attached hydrogens (tertiary/aromatic N) is 3. The van der Waals surface area contributed by atoms with E-state index in [0.717, 1.165) is 4.31 Å². The van der Waals surface area contributed by atoms with Crippen LogP contribution in [0.25, 0.3) is 0 Å². The summed E-state index contributed by atoms with van der Waals surface area (Å²) in [5.74, 6) is 0.520. The van der Waals surface area contributed by atoms with E-state index in [2.05, 4.69) is 6.72 Å². The van der Waals surface area contributed by atoms with Gasteiger partial charge in [-0.05, 0) is 19.2 Å². The van der Waals surface area contributed by atoms with Gasteiger partial charge in [-0.3, -0.25) is 0 Å². The third kappa shape index (κ3) is 2.26. The zero-order chi connectivity index (χ0) is 13.3. The lowest BCUT2D eigenvalue weighted by molar-refractivity contribution is -0.278. The van der Waals surface area contributed by atoms with Gasteiger partial charge in [0.1, 0.15) is 11.8 Å². The minimum atomic E-state index is -4.09. The molecule has 18 heavy (non-hydrogen) atoms. The Morgan fingerprint density at radius 3 is 2.83 bits per heavy atom. The summed E-state index contributed by atoms with van der Waals surface area (Å²) >= 11 is 0. The van der Waals surface area contributed by atoms with Gasteiger partial charge in [0.15, 0.2) is 6.72 Å². The molecule has 1 unspecified atom stereocenters. The third-order valence-corrected chi connectivity index (χ3v) is 4.50. The summed E-state index contributed by atoms with van der Waals surface area (Å²) < 4.78 is 30.0. The second-order valence-corrected chi connectivity index (χ2v) is 5.99. The highest BCUT2D eigenvalue weighted by atomic mass is 32.2. The SMILES string of the molecule is C=[N+]([O-])S(=O)(=O)N1CCN(C)CC1c1ccco1. The molecule has 2 heterocycles. The maximum absolute atomic E-state index is 11.9. The van der Waals surface area contributed by atoms with Crippen molar-refractivity contribution in [2.45, 2.75) is 6.04 Å². The monoisotopic (exact) mass is 273 g/mol. The van der Waals surface area contributed by atoms with Crippen molar-refractivity contribution in [3.63, 3.8) is 0 Å². The summed E-state index contributed by atoms with van der Waals surface area (Å²) in [5.41, 5.74) is 0. The molecule has 0 radical (unpaired) electrons. The molecule has 0 saturated carbocycles. The van der Waals surface area contributed by atoms with Crippen LogP contribution in [0.3, 0.4) is 0 Å². The number of rotatable bonds is 3. The first-order valence-electron chi connectivity index (χ1n) is 5.44. The van der Waals surface area contributed by atoms with Gasteiger partial charge in [-0.2, -0.15) is 0 Å². The van der Waals surface area contributed by atoms with Gasteiger partial charge in [-0.15, -0.1) is 12.7 Å². The fourth-order valence-corrected chi connectivity index (χ4v) is 3.05. The van der Waals surface area contributed by atoms with Crippen molar-refractivity contribution in [2.24, 2.45) is 0 Å². The van der Waals surface area contributed by atoms with Gasteiger partial charge in [0.25, 0.3) is 0 Å². The average molecular weight is 273 g/mol.